The number of aromatic nitrogens is 2. The molecule has 0 radical (unpaired) electrons. The monoisotopic (exact) mass is 429 g/mol. The zero-order valence-electron chi connectivity index (χ0n) is 16.0. The maximum absolute atomic E-state index is 13.0. The third-order valence-electron chi connectivity index (χ3n) is 5.62. The summed E-state index contributed by atoms with van der Waals surface area (Å²) in [5.74, 6) is -0.0333. The number of carbonyl (C=O) groups excluding carboxylic acids is 1. The maximum atomic E-state index is 13.0. The van der Waals surface area contributed by atoms with Crippen molar-refractivity contribution in [1.29, 1.82) is 0 Å². The van der Waals surface area contributed by atoms with Gasteiger partial charge in [-0.1, -0.05) is 42.5 Å². The molecule has 1 saturated carbocycles. The van der Waals surface area contributed by atoms with Gasteiger partial charge in [0.1, 0.15) is 0 Å². The number of carbonyl (C=O) groups is 1. The molecule has 3 aromatic rings. The predicted octanol–water partition coefficient (Wildman–Crippen LogP) is 5.43. The summed E-state index contributed by atoms with van der Waals surface area (Å²) in [7, 11) is 1.70. The lowest BCUT2D eigenvalue weighted by Crippen LogP contribution is -2.25. The van der Waals surface area contributed by atoms with E-state index in [-0.39, 0.29) is 22.4 Å². The van der Waals surface area contributed by atoms with Crippen molar-refractivity contribution in [2.75, 3.05) is 5.32 Å². The second-order valence-corrected chi connectivity index (χ2v) is 8.25. The number of rotatable bonds is 3. The van der Waals surface area contributed by atoms with Gasteiger partial charge in [0.15, 0.2) is 0 Å². The Balaban J connectivity index is 1.78. The third kappa shape index (κ3) is 3.77. The Labute approximate surface area is 178 Å². The molecule has 0 spiro atoms. The van der Waals surface area contributed by atoms with Crippen molar-refractivity contribution >= 4 is 45.7 Å². The summed E-state index contributed by atoms with van der Waals surface area (Å²) in [5.41, 5.74) is 1.80. The number of hydrogen-bond acceptors (Lipinski definition) is 3. The van der Waals surface area contributed by atoms with Crippen molar-refractivity contribution in [3.05, 3.63) is 57.1 Å². The molecule has 0 unspecified atom stereocenters. The van der Waals surface area contributed by atoms with Gasteiger partial charge in [-0.2, -0.15) is 0 Å². The van der Waals surface area contributed by atoms with Crippen LogP contribution in [-0.2, 0) is 11.8 Å². The molecule has 5 nitrogen and oxygen atoms in total. The summed E-state index contributed by atoms with van der Waals surface area (Å²) in [4.78, 5) is 29.8. The smallest absolute Gasteiger partial charge is 0.258 e. The second-order valence-electron chi connectivity index (χ2n) is 7.46. The number of amides is 1. The first-order chi connectivity index (χ1) is 14.0. The molecule has 29 heavy (non-hydrogen) atoms. The molecule has 1 N–H and O–H groups in total. The van der Waals surface area contributed by atoms with Gasteiger partial charge in [-0.3, -0.25) is 14.6 Å². The topological polar surface area (TPSA) is 64.0 Å². The third-order valence-corrected chi connectivity index (χ3v) is 6.33. The molecule has 150 valence electrons. The molecule has 1 fully saturated rings. The second kappa shape index (κ2) is 8.17. The number of fused-ring (bicyclic) bond motifs is 1. The first-order valence-corrected chi connectivity index (χ1v) is 10.5. The number of pyridine rings is 2. The van der Waals surface area contributed by atoms with Gasteiger partial charge in [-0.15, -0.1) is 0 Å². The molecule has 0 atom stereocenters. The fraction of sp³-hybridized carbons (Fsp3) is 0.318. The zero-order valence-corrected chi connectivity index (χ0v) is 17.6. The minimum absolute atomic E-state index is 0.00134. The Hall–Kier alpha value is -2.37. The predicted molar refractivity (Wildman–Crippen MR) is 118 cm³/mol. The van der Waals surface area contributed by atoms with Crippen molar-refractivity contribution in [2.24, 2.45) is 13.0 Å². The lowest BCUT2D eigenvalue weighted by Gasteiger charge is -2.21. The molecule has 0 bridgehead atoms. The van der Waals surface area contributed by atoms with Crippen LogP contribution >= 0.6 is 23.2 Å². The highest BCUT2D eigenvalue weighted by Gasteiger charge is 2.23. The average molecular weight is 430 g/mol. The van der Waals surface area contributed by atoms with Gasteiger partial charge >= 0.3 is 0 Å². The quantitative estimate of drug-likeness (QED) is 0.603. The van der Waals surface area contributed by atoms with E-state index >= 15 is 0 Å². The molecule has 1 amide bonds. The van der Waals surface area contributed by atoms with Crippen molar-refractivity contribution < 1.29 is 4.79 Å². The fourth-order valence-corrected chi connectivity index (χ4v) is 4.62. The van der Waals surface area contributed by atoms with Crippen LogP contribution in [0.5, 0.6) is 0 Å². The van der Waals surface area contributed by atoms with E-state index in [1.54, 1.807) is 48.3 Å². The number of nitrogens with one attached hydrogen (secondary N) is 1. The van der Waals surface area contributed by atoms with Crippen molar-refractivity contribution in [2.45, 2.75) is 32.1 Å². The van der Waals surface area contributed by atoms with E-state index in [0.29, 0.717) is 21.8 Å². The molecular weight excluding hydrogens is 409 g/mol. The Morgan fingerprint density at radius 1 is 1.17 bits per heavy atom. The summed E-state index contributed by atoms with van der Waals surface area (Å²) >= 11 is 13.1. The number of nitrogens with zero attached hydrogens (tertiary/aromatic N) is 2. The molecule has 1 aliphatic carbocycles. The fourth-order valence-electron chi connectivity index (χ4n) is 4.00. The Bertz CT molecular complexity index is 1150. The number of halogens is 2. The number of anilines is 1. The summed E-state index contributed by atoms with van der Waals surface area (Å²) in [6, 6.07) is 6.86. The normalized spacial score (nSPS) is 14.9. The first kappa shape index (κ1) is 19.9. The largest absolute Gasteiger partial charge is 0.325 e. The molecule has 4 rings (SSSR count). The summed E-state index contributed by atoms with van der Waals surface area (Å²) in [5, 5.41) is 4.36. The maximum Gasteiger partial charge on any atom is 0.258 e. The lowest BCUT2D eigenvalue weighted by atomic mass is 9.88. The van der Waals surface area contributed by atoms with Crippen LogP contribution in [0, 0.1) is 5.92 Å². The molecule has 7 heteroatoms. The summed E-state index contributed by atoms with van der Waals surface area (Å²) in [6.45, 7) is 0. The van der Waals surface area contributed by atoms with Gasteiger partial charge in [0.05, 0.1) is 26.8 Å². The Kier molecular flexibility index (Phi) is 5.61. The van der Waals surface area contributed by atoms with E-state index in [2.05, 4.69) is 10.3 Å². The van der Waals surface area contributed by atoms with E-state index in [9.17, 15) is 9.59 Å². The van der Waals surface area contributed by atoms with Crippen molar-refractivity contribution in [1.82, 2.24) is 9.55 Å². The van der Waals surface area contributed by atoms with Gasteiger partial charge in [0.25, 0.3) is 5.56 Å². The van der Waals surface area contributed by atoms with E-state index in [0.717, 1.165) is 36.6 Å². The highest BCUT2D eigenvalue weighted by molar-refractivity contribution is 6.41. The van der Waals surface area contributed by atoms with Crippen LogP contribution in [0.25, 0.3) is 22.0 Å². The summed E-state index contributed by atoms with van der Waals surface area (Å²) < 4.78 is 1.55. The van der Waals surface area contributed by atoms with Crippen LogP contribution in [0.1, 0.15) is 32.1 Å². The Morgan fingerprint density at radius 3 is 2.69 bits per heavy atom. The molecule has 1 aromatic carbocycles. The van der Waals surface area contributed by atoms with Crippen LogP contribution in [0.15, 0.2) is 41.5 Å². The zero-order chi connectivity index (χ0) is 20.5. The van der Waals surface area contributed by atoms with E-state index < -0.39 is 0 Å². The molecule has 1 aliphatic rings. The van der Waals surface area contributed by atoms with E-state index in [1.165, 1.54) is 6.42 Å². The molecule has 2 heterocycles. The molecular formula is C22H21Cl2N3O2. The average Bonchev–Trinajstić information content (AvgIpc) is 2.74. The van der Waals surface area contributed by atoms with Gasteiger partial charge in [0, 0.05) is 36.3 Å². The standard InChI is InChI=1S/C22H21Cl2N3O2/c1-27-18-9-10-25-12-14(18)11-15(22(27)29)19-16(23)7-8-17(20(19)24)26-21(28)13-5-3-2-4-6-13/h7-13H,2-6H2,1H3,(H,26,28). The van der Waals surface area contributed by atoms with Crippen LogP contribution in [0.2, 0.25) is 10.0 Å². The van der Waals surface area contributed by atoms with E-state index in [4.69, 9.17) is 23.2 Å². The SMILES string of the molecule is Cn1c(=O)c(-c2c(Cl)ccc(NC(=O)C3CCCCC3)c2Cl)cc2cnccc21. The highest BCUT2D eigenvalue weighted by Crippen LogP contribution is 2.39. The van der Waals surface area contributed by atoms with Gasteiger partial charge in [-0.25, -0.2) is 0 Å². The minimum atomic E-state index is -0.219. The minimum Gasteiger partial charge on any atom is -0.325 e. The first-order valence-electron chi connectivity index (χ1n) is 9.70. The van der Waals surface area contributed by atoms with Crippen LogP contribution < -0.4 is 10.9 Å². The number of aryl methyl sites for hydroxylation is 1. The van der Waals surface area contributed by atoms with Crippen molar-refractivity contribution in [3.8, 4) is 11.1 Å². The molecule has 2 aromatic heterocycles. The molecule has 0 aliphatic heterocycles. The van der Waals surface area contributed by atoms with Gasteiger partial charge in [0.2, 0.25) is 5.91 Å². The number of benzene rings is 1. The van der Waals surface area contributed by atoms with Crippen molar-refractivity contribution in [3.63, 3.8) is 0 Å². The van der Waals surface area contributed by atoms with E-state index in [1.807, 2.05) is 0 Å². The van der Waals surface area contributed by atoms with Gasteiger partial charge < -0.3 is 9.88 Å². The Morgan fingerprint density at radius 2 is 1.93 bits per heavy atom. The van der Waals surface area contributed by atoms with Crippen LogP contribution in [-0.4, -0.2) is 15.5 Å². The summed E-state index contributed by atoms with van der Waals surface area (Å²) in [6.07, 6.45) is 8.43. The lowest BCUT2D eigenvalue weighted by molar-refractivity contribution is -0.120. The highest BCUT2D eigenvalue weighted by atomic mass is 35.5. The van der Waals surface area contributed by atoms with Gasteiger partial charge in [-0.05, 0) is 37.1 Å². The number of hydrogen-bond donors (Lipinski definition) is 1. The van der Waals surface area contributed by atoms with Crippen LogP contribution in [0.4, 0.5) is 5.69 Å². The van der Waals surface area contributed by atoms with Crippen LogP contribution in [0.3, 0.4) is 0 Å². The molecule has 0 saturated heterocycles.